The first-order chi connectivity index (χ1) is 15.0. The van der Waals surface area contributed by atoms with Crippen molar-refractivity contribution in [3.05, 3.63) is 69.8 Å². The average Bonchev–Trinajstić information content (AvgIpc) is 2.71. The van der Waals surface area contributed by atoms with Crippen molar-refractivity contribution >= 4 is 52.5 Å². The number of benzene rings is 2. The lowest BCUT2D eigenvalue weighted by Gasteiger charge is -2.40. The number of hydrogen-bond acceptors (Lipinski definition) is 4. The zero-order valence-electron chi connectivity index (χ0n) is 18.6. The lowest BCUT2D eigenvalue weighted by atomic mass is 9.88. The predicted molar refractivity (Wildman–Crippen MR) is 128 cm³/mol. The van der Waals surface area contributed by atoms with E-state index in [9.17, 15) is 14.4 Å². The molecule has 4 rings (SSSR count). The summed E-state index contributed by atoms with van der Waals surface area (Å²) in [5, 5.41) is 2.67. The summed E-state index contributed by atoms with van der Waals surface area (Å²) in [5.74, 6) is -1.43. The summed E-state index contributed by atoms with van der Waals surface area (Å²) in [6, 6.07) is 9.95. The van der Waals surface area contributed by atoms with Gasteiger partial charge in [-0.05, 0) is 68.7 Å². The van der Waals surface area contributed by atoms with Crippen LogP contribution in [0.25, 0.3) is 11.6 Å². The fourth-order valence-corrected chi connectivity index (χ4v) is 4.36. The zero-order valence-corrected chi connectivity index (χ0v) is 19.4. The number of hydrogen-bond donors (Lipinski definition) is 1. The van der Waals surface area contributed by atoms with Crippen molar-refractivity contribution in [1.29, 1.82) is 0 Å². The largest absolute Gasteiger partial charge is 0.365 e. The van der Waals surface area contributed by atoms with E-state index >= 15 is 0 Å². The number of para-hydroxylation sites is 1. The number of amides is 4. The number of likely N-dealkylation sites (N-methyl/N-ethyl adjacent to an activating group) is 1. The SMILES string of the molecule is CC1=CC(C)(C)N(C)c2cc(Cl)c(/C=C3/C(=O)NC(=O)N(c4ccccc4C)C3=O)cc21. The van der Waals surface area contributed by atoms with Gasteiger partial charge in [0.05, 0.1) is 11.2 Å². The van der Waals surface area contributed by atoms with Crippen LogP contribution in [0.2, 0.25) is 5.02 Å². The van der Waals surface area contributed by atoms with E-state index in [1.54, 1.807) is 25.1 Å². The molecule has 1 N–H and O–H groups in total. The van der Waals surface area contributed by atoms with Crippen LogP contribution in [0, 0.1) is 6.92 Å². The van der Waals surface area contributed by atoms with E-state index in [0.29, 0.717) is 16.3 Å². The molecular formula is C25H24ClN3O3. The van der Waals surface area contributed by atoms with Crippen LogP contribution in [0.15, 0.2) is 48.0 Å². The molecule has 4 amide bonds. The molecule has 2 aliphatic rings. The molecule has 0 spiro atoms. The van der Waals surface area contributed by atoms with Crippen LogP contribution < -0.4 is 15.1 Å². The standard InChI is InChI=1S/C25H24ClN3O3/c1-14-8-6-7-9-20(14)29-23(31)18(22(30)27-24(29)32)11-16-10-17-15(2)13-25(3,4)28(5)21(17)12-19(16)26/h6-13H,1-5H3,(H,27,30,32)/b18-11-. The number of urea groups is 1. The Labute approximate surface area is 192 Å². The smallest absolute Gasteiger partial charge is 0.335 e. The molecule has 32 heavy (non-hydrogen) atoms. The summed E-state index contributed by atoms with van der Waals surface area (Å²) in [7, 11) is 2.00. The molecule has 1 fully saturated rings. The van der Waals surface area contributed by atoms with Gasteiger partial charge in [-0.25, -0.2) is 9.69 Å². The minimum Gasteiger partial charge on any atom is -0.365 e. The Morgan fingerprint density at radius 1 is 1.03 bits per heavy atom. The average molecular weight is 450 g/mol. The number of imide groups is 2. The number of carbonyl (C=O) groups excluding carboxylic acids is 3. The molecule has 0 saturated carbocycles. The van der Waals surface area contributed by atoms with Gasteiger partial charge in [-0.15, -0.1) is 0 Å². The molecule has 7 heteroatoms. The Balaban J connectivity index is 1.81. The summed E-state index contributed by atoms with van der Waals surface area (Å²) in [6.45, 7) is 8.05. The van der Waals surface area contributed by atoms with Gasteiger partial charge in [0.2, 0.25) is 0 Å². The fourth-order valence-electron chi connectivity index (χ4n) is 4.14. The topological polar surface area (TPSA) is 69.7 Å². The molecule has 0 atom stereocenters. The maximum Gasteiger partial charge on any atom is 0.335 e. The summed E-state index contributed by atoms with van der Waals surface area (Å²) in [5.41, 5.74) is 4.39. The van der Waals surface area contributed by atoms with Crippen LogP contribution in [0.5, 0.6) is 0 Å². The molecule has 0 aliphatic carbocycles. The molecule has 2 aliphatic heterocycles. The third-order valence-corrected chi connectivity index (χ3v) is 6.42. The number of barbiturate groups is 1. The van der Waals surface area contributed by atoms with Crippen molar-refractivity contribution in [2.45, 2.75) is 33.2 Å². The van der Waals surface area contributed by atoms with Gasteiger partial charge in [0, 0.05) is 23.3 Å². The molecule has 0 unspecified atom stereocenters. The maximum absolute atomic E-state index is 13.2. The van der Waals surface area contributed by atoms with Gasteiger partial charge in [0.1, 0.15) is 5.57 Å². The van der Waals surface area contributed by atoms with Crippen molar-refractivity contribution in [2.24, 2.45) is 0 Å². The molecule has 164 valence electrons. The highest BCUT2D eigenvalue weighted by Gasteiger charge is 2.37. The number of fused-ring (bicyclic) bond motifs is 1. The molecule has 2 aromatic rings. The Hall–Kier alpha value is -3.38. The first-order valence-electron chi connectivity index (χ1n) is 10.3. The van der Waals surface area contributed by atoms with Crippen LogP contribution in [0.3, 0.4) is 0 Å². The zero-order chi connectivity index (χ0) is 23.4. The highest BCUT2D eigenvalue weighted by atomic mass is 35.5. The van der Waals surface area contributed by atoms with E-state index in [-0.39, 0.29) is 11.1 Å². The Kier molecular flexibility index (Phi) is 5.21. The number of rotatable bonds is 2. The third kappa shape index (κ3) is 3.50. The Bertz CT molecular complexity index is 1240. The number of aryl methyl sites for hydroxylation is 1. The van der Waals surface area contributed by atoms with E-state index in [1.807, 2.05) is 32.2 Å². The van der Waals surface area contributed by atoms with Crippen molar-refractivity contribution < 1.29 is 14.4 Å². The van der Waals surface area contributed by atoms with Gasteiger partial charge in [0.15, 0.2) is 0 Å². The van der Waals surface area contributed by atoms with Gasteiger partial charge in [-0.3, -0.25) is 14.9 Å². The molecule has 6 nitrogen and oxygen atoms in total. The molecule has 1 saturated heterocycles. The molecule has 2 aromatic carbocycles. The van der Waals surface area contributed by atoms with Crippen molar-refractivity contribution in [3.63, 3.8) is 0 Å². The minimum absolute atomic E-state index is 0.152. The number of nitrogens with zero attached hydrogens (tertiary/aromatic N) is 2. The second kappa shape index (κ2) is 7.64. The Morgan fingerprint density at radius 3 is 2.41 bits per heavy atom. The number of carbonyl (C=O) groups is 3. The molecular weight excluding hydrogens is 426 g/mol. The first-order valence-corrected chi connectivity index (χ1v) is 10.6. The highest BCUT2D eigenvalue weighted by molar-refractivity contribution is 6.40. The molecule has 0 bridgehead atoms. The van der Waals surface area contributed by atoms with Crippen LogP contribution >= 0.6 is 11.6 Å². The minimum atomic E-state index is -0.773. The normalized spacial score (nSPS) is 19.1. The van der Waals surface area contributed by atoms with Crippen molar-refractivity contribution in [1.82, 2.24) is 5.32 Å². The predicted octanol–water partition coefficient (Wildman–Crippen LogP) is 4.95. The molecule has 0 aromatic heterocycles. The van der Waals surface area contributed by atoms with Crippen LogP contribution in [0.4, 0.5) is 16.2 Å². The number of nitrogens with one attached hydrogen (secondary N) is 1. The summed E-state index contributed by atoms with van der Waals surface area (Å²) < 4.78 is 0. The number of halogens is 1. The summed E-state index contributed by atoms with van der Waals surface area (Å²) >= 11 is 6.58. The maximum atomic E-state index is 13.2. The van der Waals surface area contributed by atoms with Crippen molar-refractivity contribution in [2.75, 3.05) is 16.8 Å². The fraction of sp³-hybridized carbons (Fsp3) is 0.240. The van der Waals surface area contributed by atoms with Crippen LogP contribution in [0.1, 0.15) is 37.5 Å². The molecule has 0 radical (unpaired) electrons. The monoisotopic (exact) mass is 449 g/mol. The second-order valence-electron chi connectivity index (χ2n) is 8.68. The summed E-state index contributed by atoms with van der Waals surface area (Å²) in [6.07, 6.45) is 3.61. The lowest BCUT2D eigenvalue weighted by Crippen LogP contribution is -2.54. The number of allylic oxidation sites excluding steroid dienone is 1. The highest BCUT2D eigenvalue weighted by Crippen LogP contribution is 2.41. The Morgan fingerprint density at radius 2 is 1.72 bits per heavy atom. The number of anilines is 2. The second-order valence-corrected chi connectivity index (χ2v) is 9.08. The van der Waals surface area contributed by atoms with Gasteiger partial charge >= 0.3 is 6.03 Å². The lowest BCUT2D eigenvalue weighted by molar-refractivity contribution is -0.122. The van der Waals surface area contributed by atoms with E-state index in [2.05, 4.69) is 30.1 Å². The van der Waals surface area contributed by atoms with Gasteiger partial charge in [-0.2, -0.15) is 0 Å². The van der Waals surface area contributed by atoms with E-state index < -0.39 is 17.8 Å². The molecule has 2 heterocycles. The van der Waals surface area contributed by atoms with Crippen molar-refractivity contribution in [3.8, 4) is 0 Å². The van der Waals surface area contributed by atoms with E-state index in [4.69, 9.17) is 11.6 Å². The van der Waals surface area contributed by atoms with E-state index in [0.717, 1.165) is 27.3 Å². The van der Waals surface area contributed by atoms with Crippen LogP contribution in [-0.4, -0.2) is 30.4 Å². The van der Waals surface area contributed by atoms with Crippen LogP contribution in [-0.2, 0) is 9.59 Å². The first kappa shape index (κ1) is 21.8. The van der Waals surface area contributed by atoms with Gasteiger partial charge in [0.25, 0.3) is 11.8 Å². The van der Waals surface area contributed by atoms with E-state index in [1.165, 1.54) is 6.08 Å². The third-order valence-electron chi connectivity index (χ3n) is 6.09. The van der Waals surface area contributed by atoms with Gasteiger partial charge in [-0.1, -0.05) is 35.9 Å². The summed E-state index contributed by atoms with van der Waals surface area (Å²) in [4.78, 5) is 41.4. The quantitative estimate of drug-likeness (QED) is 0.520. The van der Waals surface area contributed by atoms with Gasteiger partial charge < -0.3 is 4.90 Å².